The second-order valence-electron chi connectivity index (χ2n) is 5.38. The van der Waals surface area contributed by atoms with Crippen molar-refractivity contribution in [2.75, 3.05) is 6.54 Å². The van der Waals surface area contributed by atoms with E-state index in [1.54, 1.807) is 0 Å². The number of aromatic nitrogens is 1. The maximum absolute atomic E-state index is 5.77. The van der Waals surface area contributed by atoms with E-state index in [1.807, 2.05) is 6.20 Å². The van der Waals surface area contributed by atoms with E-state index in [0.717, 1.165) is 43.9 Å². The zero-order valence-electron chi connectivity index (χ0n) is 11.6. The van der Waals surface area contributed by atoms with Crippen molar-refractivity contribution >= 4 is 0 Å². The lowest BCUT2D eigenvalue weighted by molar-refractivity contribution is 0.0417. The summed E-state index contributed by atoms with van der Waals surface area (Å²) in [5.41, 5.74) is 0. The van der Waals surface area contributed by atoms with Crippen molar-refractivity contribution in [2.45, 2.75) is 64.7 Å². The molecule has 0 radical (unpaired) electrons. The highest BCUT2D eigenvalue weighted by Crippen LogP contribution is 2.32. The Morgan fingerprint density at radius 3 is 2.94 bits per heavy atom. The highest BCUT2D eigenvalue weighted by molar-refractivity contribution is 5.00. The van der Waals surface area contributed by atoms with Gasteiger partial charge in [0.2, 0.25) is 0 Å². The van der Waals surface area contributed by atoms with Gasteiger partial charge in [0.15, 0.2) is 11.7 Å². The van der Waals surface area contributed by atoms with Crippen LogP contribution in [-0.4, -0.2) is 23.7 Å². The van der Waals surface area contributed by atoms with E-state index >= 15 is 0 Å². The second kappa shape index (κ2) is 6.34. The summed E-state index contributed by atoms with van der Waals surface area (Å²) in [6, 6.07) is 0.540. The monoisotopic (exact) mass is 252 g/mol. The molecule has 4 heteroatoms. The first kappa shape index (κ1) is 13.6. The Labute approximate surface area is 109 Å². The van der Waals surface area contributed by atoms with Gasteiger partial charge in [-0.05, 0) is 32.7 Å². The molecule has 0 amide bonds. The molecule has 0 bridgehead atoms. The highest BCUT2D eigenvalue weighted by atomic mass is 16.5. The zero-order valence-corrected chi connectivity index (χ0v) is 11.6. The second-order valence-corrected chi connectivity index (χ2v) is 5.38. The average molecular weight is 252 g/mol. The molecule has 2 heterocycles. The summed E-state index contributed by atoms with van der Waals surface area (Å²) in [4.78, 5) is 4.33. The quantitative estimate of drug-likeness (QED) is 0.791. The standard InChI is InChI=1S/C14H24N2O2/c1-10(2)15-8-4-5-14-16-9-13(18-14)12-7-6-11(3)17-12/h9-12,15H,4-8H2,1-3H3. The summed E-state index contributed by atoms with van der Waals surface area (Å²) in [7, 11) is 0. The number of oxazole rings is 1. The maximum atomic E-state index is 5.77. The fourth-order valence-electron chi connectivity index (χ4n) is 2.23. The van der Waals surface area contributed by atoms with Crippen LogP contribution in [0.25, 0.3) is 0 Å². The topological polar surface area (TPSA) is 47.3 Å². The van der Waals surface area contributed by atoms with Crippen LogP contribution in [0.4, 0.5) is 0 Å². The Morgan fingerprint density at radius 2 is 2.28 bits per heavy atom. The molecule has 1 N–H and O–H groups in total. The van der Waals surface area contributed by atoms with Crippen LogP contribution in [0.2, 0.25) is 0 Å². The van der Waals surface area contributed by atoms with Gasteiger partial charge in [0.05, 0.1) is 12.3 Å². The SMILES string of the molecule is CC(C)NCCCc1ncc(C2CCC(C)O2)o1. The van der Waals surface area contributed by atoms with Crippen LogP contribution >= 0.6 is 0 Å². The molecule has 1 saturated heterocycles. The van der Waals surface area contributed by atoms with Gasteiger partial charge in [0.25, 0.3) is 0 Å². The minimum Gasteiger partial charge on any atom is -0.443 e. The van der Waals surface area contributed by atoms with Gasteiger partial charge in [-0.15, -0.1) is 0 Å². The van der Waals surface area contributed by atoms with Crippen molar-refractivity contribution in [1.82, 2.24) is 10.3 Å². The maximum Gasteiger partial charge on any atom is 0.194 e. The lowest BCUT2D eigenvalue weighted by Gasteiger charge is -2.07. The zero-order chi connectivity index (χ0) is 13.0. The van der Waals surface area contributed by atoms with Crippen molar-refractivity contribution in [3.63, 3.8) is 0 Å². The minimum absolute atomic E-state index is 0.120. The Kier molecular flexibility index (Phi) is 4.78. The molecule has 0 saturated carbocycles. The van der Waals surface area contributed by atoms with E-state index in [1.165, 1.54) is 0 Å². The van der Waals surface area contributed by atoms with E-state index in [9.17, 15) is 0 Å². The Morgan fingerprint density at radius 1 is 1.44 bits per heavy atom. The molecule has 1 aromatic rings. The van der Waals surface area contributed by atoms with Crippen LogP contribution in [0.3, 0.4) is 0 Å². The van der Waals surface area contributed by atoms with Crippen LogP contribution in [0.1, 0.15) is 57.8 Å². The third-order valence-electron chi connectivity index (χ3n) is 3.24. The smallest absolute Gasteiger partial charge is 0.194 e. The molecule has 1 fully saturated rings. The summed E-state index contributed by atoms with van der Waals surface area (Å²) >= 11 is 0. The van der Waals surface area contributed by atoms with Crippen molar-refractivity contribution in [3.05, 3.63) is 17.8 Å². The van der Waals surface area contributed by atoms with Gasteiger partial charge in [-0.25, -0.2) is 4.98 Å². The molecule has 1 aliphatic rings. The normalized spacial score (nSPS) is 24.0. The van der Waals surface area contributed by atoms with Gasteiger partial charge in [0.1, 0.15) is 6.10 Å². The highest BCUT2D eigenvalue weighted by Gasteiger charge is 2.26. The van der Waals surface area contributed by atoms with Gasteiger partial charge < -0.3 is 14.5 Å². The van der Waals surface area contributed by atoms with Crippen LogP contribution in [0.5, 0.6) is 0 Å². The van der Waals surface area contributed by atoms with Gasteiger partial charge in [0, 0.05) is 12.5 Å². The van der Waals surface area contributed by atoms with Crippen molar-refractivity contribution in [2.24, 2.45) is 0 Å². The van der Waals surface area contributed by atoms with E-state index < -0.39 is 0 Å². The van der Waals surface area contributed by atoms with Crippen molar-refractivity contribution in [1.29, 1.82) is 0 Å². The molecule has 0 aliphatic carbocycles. The molecule has 102 valence electrons. The molecule has 1 aromatic heterocycles. The fraction of sp³-hybridized carbons (Fsp3) is 0.786. The molecule has 2 rings (SSSR count). The summed E-state index contributed by atoms with van der Waals surface area (Å²) in [5.74, 6) is 1.73. The Bertz CT molecular complexity index is 362. The largest absolute Gasteiger partial charge is 0.443 e. The van der Waals surface area contributed by atoms with E-state index in [2.05, 4.69) is 31.1 Å². The molecule has 2 unspecified atom stereocenters. The van der Waals surface area contributed by atoms with Crippen molar-refractivity contribution in [3.8, 4) is 0 Å². The minimum atomic E-state index is 0.120. The van der Waals surface area contributed by atoms with Crippen LogP contribution < -0.4 is 5.32 Å². The lowest BCUT2D eigenvalue weighted by Crippen LogP contribution is -2.23. The fourth-order valence-corrected chi connectivity index (χ4v) is 2.23. The number of aryl methyl sites for hydroxylation is 1. The number of rotatable bonds is 6. The predicted molar refractivity (Wildman–Crippen MR) is 70.5 cm³/mol. The third kappa shape index (κ3) is 3.82. The average Bonchev–Trinajstić information content (AvgIpc) is 2.93. The summed E-state index contributed by atoms with van der Waals surface area (Å²) < 4.78 is 11.5. The van der Waals surface area contributed by atoms with E-state index in [0.29, 0.717) is 12.1 Å². The number of nitrogens with one attached hydrogen (secondary N) is 1. The molecule has 4 nitrogen and oxygen atoms in total. The van der Waals surface area contributed by atoms with E-state index in [4.69, 9.17) is 9.15 Å². The van der Waals surface area contributed by atoms with E-state index in [-0.39, 0.29) is 6.10 Å². The molecular weight excluding hydrogens is 228 g/mol. The molecule has 1 aliphatic heterocycles. The summed E-state index contributed by atoms with van der Waals surface area (Å²) in [6.45, 7) is 7.42. The van der Waals surface area contributed by atoms with Crippen LogP contribution in [-0.2, 0) is 11.2 Å². The Balaban J connectivity index is 1.76. The van der Waals surface area contributed by atoms with Crippen LogP contribution in [0, 0.1) is 0 Å². The summed E-state index contributed by atoms with van der Waals surface area (Å²) in [6.07, 6.45) is 6.40. The first-order chi connectivity index (χ1) is 8.65. The van der Waals surface area contributed by atoms with Gasteiger partial charge >= 0.3 is 0 Å². The molecule has 0 aromatic carbocycles. The number of ether oxygens (including phenoxy) is 1. The molecule has 2 atom stereocenters. The predicted octanol–water partition coefficient (Wildman–Crippen LogP) is 2.85. The van der Waals surface area contributed by atoms with Gasteiger partial charge in [-0.3, -0.25) is 0 Å². The van der Waals surface area contributed by atoms with Crippen LogP contribution in [0.15, 0.2) is 10.6 Å². The first-order valence-corrected chi connectivity index (χ1v) is 6.98. The number of nitrogens with zero attached hydrogens (tertiary/aromatic N) is 1. The van der Waals surface area contributed by atoms with Crippen molar-refractivity contribution < 1.29 is 9.15 Å². The lowest BCUT2D eigenvalue weighted by atomic mass is 10.2. The molecular formula is C14H24N2O2. The molecule has 18 heavy (non-hydrogen) atoms. The van der Waals surface area contributed by atoms with Gasteiger partial charge in [-0.2, -0.15) is 0 Å². The molecule has 0 spiro atoms. The summed E-state index contributed by atoms with van der Waals surface area (Å²) in [5, 5.41) is 3.39. The Hall–Kier alpha value is -0.870. The number of hydrogen-bond acceptors (Lipinski definition) is 4. The van der Waals surface area contributed by atoms with Gasteiger partial charge in [-0.1, -0.05) is 13.8 Å². The first-order valence-electron chi connectivity index (χ1n) is 6.98. The number of hydrogen-bond donors (Lipinski definition) is 1. The third-order valence-corrected chi connectivity index (χ3v) is 3.24.